The lowest BCUT2D eigenvalue weighted by molar-refractivity contribution is -0.202. The van der Waals surface area contributed by atoms with Crippen LogP contribution in [0.25, 0.3) is 0 Å². The summed E-state index contributed by atoms with van der Waals surface area (Å²) in [5.74, 6) is -3.01. The molecule has 0 spiro atoms. The van der Waals surface area contributed by atoms with Crippen LogP contribution in [-0.2, 0) is 29.6 Å². The Morgan fingerprint density at radius 2 is 1.95 bits per heavy atom. The number of nitrogens with zero attached hydrogens (tertiary/aromatic N) is 3. The lowest BCUT2D eigenvalue weighted by Crippen LogP contribution is -2.69. The molecule has 2 atom stereocenters. The van der Waals surface area contributed by atoms with E-state index >= 15 is 4.39 Å². The van der Waals surface area contributed by atoms with Crippen LogP contribution < -0.4 is 0 Å². The van der Waals surface area contributed by atoms with Gasteiger partial charge in [-0.3, -0.25) is 14.6 Å². The molecule has 0 bridgehead atoms. The predicted molar refractivity (Wildman–Crippen MR) is 134 cm³/mol. The molecule has 0 aromatic heterocycles. The topological polar surface area (TPSA) is 88.6 Å². The molecule has 2 fully saturated rings. The zero-order chi connectivity index (χ0) is 27.3. The summed E-state index contributed by atoms with van der Waals surface area (Å²) in [7, 11) is 0. The predicted octanol–water partition coefficient (Wildman–Crippen LogP) is 3.73. The number of benzene rings is 2. The van der Waals surface area contributed by atoms with E-state index in [0.29, 0.717) is 5.56 Å². The van der Waals surface area contributed by atoms with Crippen molar-refractivity contribution >= 4 is 29.6 Å². The third-order valence-corrected chi connectivity index (χ3v) is 8.37. The van der Waals surface area contributed by atoms with Gasteiger partial charge in [-0.25, -0.2) is 13.6 Å². The number of ketones is 1. The average molecular weight is 558 g/mol. The molecule has 0 N–H and O–H groups in total. The highest BCUT2D eigenvalue weighted by Crippen LogP contribution is 2.47. The quantitative estimate of drug-likeness (QED) is 0.524. The fraction of sp³-hybridized carbons (Fsp3) is 0.370. The molecule has 1 amide bonds. The van der Waals surface area contributed by atoms with Crippen LogP contribution in [0.1, 0.15) is 36.1 Å². The largest absolute Gasteiger partial charge is 0.514 e. The Bertz CT molecular complexity index is 1400. The number of fused-ring (bicyclic) bond motifs is 4. The molecule has 2 aromatic rings. The summed E-state index contributed by atoms with van der Waals surface area (Å²) in [6, 6.07) is 9.59. The van der Waals surface area contributed by atoms with Crippen LogP contribution in [0, 0.1) is 11.6 Å². The van der Waals surface area contributed by atoms with Gasteiger partial charge in [0.25, 0.3) is 5.91 Å². The number of Topliss-reactive ketones (excluding diaryl/α,β-unsaturated/α-hetero) is 1. The smallest absolute Gasteiger partial charge is 0.434 e. The Kier molecular flexibility index (Phi) is 6.77. The van der Waals surface area contributed by atoms with Crippen molar-refractivity contribution in [1.29, 1.82) is 0 Å². The van der Waals surface area contributed by atoms with Crippen molar-refractivity contribution in [2.45, 2.75) is 36.2 Å². The number of hydrazine groups is 1. The van der Waals surface area contributed by atoms with Crippen molar-refractivity contribution in [3.8, 4) is 0 Å². The second-order valence-corrected chi connectivity index (χ2v) is 10.4. The van der Waals surface area contributed by atoms with Crippen LogP contribution in [0.2, 0.25) is 0 Å². The molecule has 2 aromatic carbocycles. The van der Waals surface area contributed by atoms with E-state index in [1.165, 1.54) is 11.8 Å². The maximum Gasteiger partial charge on any atom is 0.514 e. The Morgan fingerprint density at radius 1 is 1.13 bits per heavy atom. The van der Waals surface area contributed by atoms with Gasteiger partial charge in [-0.1, -0.05) is 24.3 Å². The summed E-state index contributed by atoms with van der Waals surface area (Å²) < 4.78 is 45.7. The summed E-state index contributed by atoms with van der Waals surface area (Å²) >= 11 is 1.40. The van der Waals surface area contributed by atoms with Crippen molar-refractivity contribution in [3.63, 3.8) is 0 Å². The zero-order valence-corrected chi connectivity index (χ0v) is 21.8. The number of rotatable bonds is 3. The Morgan fingerprint density at radius 3 is 2.77 bits per heavy atom. The second-order valence-electron chi connectivity index (χ2n) is 9.35. The molecule has 12 heteroatoms. The molecule has 2 saturated heterocycles. The molecule has 0 aliphatic carbocycles. The molecule has 0 saturated carbocycles. The highest BCUT2D eigenvalue weighted by Gasteiger charge is 2.52. The van der Waals surface area contributed by atoms with E-state index in [2.05, 4.69) is 0 Å². The summed E-state index contributed by atoms with van der Waals surface area (Å²) in [6.45, 7) is 2.40. The van der Waals surface area contributed by atoms with Gasteiger partial charge in [0.05, 0.1) is 25.9 Å². The molecule has 4 aliphatic rings. The maximum atomic E-state index is 15.3. The lowest BCUT2D eigenvalue weighted by Gasteiger charge is -2.56. The fourth-order valence-corrected chi connectivity index (χ4v) is 6.68. The van der Waals surface area contributed by atoms with Gasteiger partial charge < -0.3 is 19.1 Å². The van der Waals surface area contributed by atoms with E-state index in [4.69, 9.17) is 14.2 Å². The molecule has 39 heavy (non-hydrogen) atoms. The van der Waals surface area contributed by atoms with Crippen LogP contribution in [-0.4, -0.2) is 71.8 Å². The number of morpholine rings is 1. The Balaban J connectivity index is 1.58. The first-order valence-corrected chi connectivity index (χ1v) is 13.6. The molecule has 204 valence electrons. The van der Waals surface area contributed by atoms with E-state index in [1.807, 2.05) is 29.3 Å². The van der Waals surface area contributed by atoms with Gasteiger partial charge in [0.1, 0.15) is 6.17 Å². The first-order valence-electron chi connectivity index (χ1n) is 12.7. The molecule has 0 unspecified atom stereocenters. The molecule has 4 heterocycles. The Labute approximate surface area is 227 Å². The third kappa shape index (κ3) is 4.26. The minimum Gasteiger partial charge on any atom is -0.434 e. The number of ether oxygens (including phenoxy) is 3. The first kappa shape index (κ1) is 25.8. The van der Waals surface area contributed by atoms with Crippen molar-refractivity contribution in [2.24, 2.45) is 0 Å². The maximum absolute atomic E-state index is 15.3. The monoisotopic (exact) mass is 557 g/mol. The van der Waals surface area contributed by atoms with Crippen LogP contribution in [0.5, 0.6) is 0 Å². The molecule has 0 radical (unpaired) electrons. The van der Waals surface area contributed by atoms with Gasteiger partial charge in [-0.05, 0) is 30.2 Å². The van der Waals surface area contributed by atoms with E-state index in [9.17, 15) is 18.8 Å². The Hall–Kier alpha value is -3.48. The first-order chi connectivity index (χ1) is 18.9. The highest BCUT2D eigenvalue weighted by atomic mass is 32.2. The summed E-state index contributed by atoms with van der Waals surface area (Å²) in [4.78, 5) is 41.5. The summed E-state index contributed by atoms with van der Waals surface area (Å²) in [5, 5.41) is 3.52. The minimum absolute atomic E-state index is 0.0282. The van der Waals surface area contributed by atoms with Gasteiger partial charge in [0.15, 0.2) is 17.3 Å². The van der Waals surface area contributed by atoms with Gasteiger partial charge in [-0.2, -0.15) is 5.01 Å². The number of allylic oxidation sites excluding steroid dienone is 1. The van der Waals surface area contributed by atoms with E-state index in [-0.39, 0.29) is 62.1 Å². The minimum atomic E-state index is -1.09. The second kappa shape index (κ2) is 10.2. The number of carbonyl (C=O) groups excluding carboxylic acids is 3. The molecular weight excluding hydrogens is 532 g/mol. The number of hydrogen-bond acceptors (Lipinski definition) is 9. The number of amides is 1. The van der Waals surface area contributed by atoms with Gasteiger partial charge in [0, 0.05) is 35.7 Å². The van der Waals surface area contributed by atoms with Crippen LogP contribution in [0.4, 0.5) is 13.6 Å². The molecule has 6 rings (SSSR count). The van der Waals surface area contributed by atoms with Crippen LogP contribution in [0.15, 0.2) is 52.7 Å². The zero-order valence-electron chi connectivity index (χ0n) is 21.0. The van der Waals surface area contributed by atoms with Gasteiger partial charge >= 0.3 is 6.16 Å². The van der Waals surface area contributed by atoms with Gasteiger partial charge in [0.2, 0.25) is 11.5 Å². The van der Waals surface area contributed by atoms with Crippen molar-refractivity contribution in [2.75, 3.05) is 32.9 Å². The van der Waals surface area contributed by atoms with E-state index < -0.39 is 41.7 Å². The summed E-state index contributed by atoms with van der Waals surface area (Å²) in [6.07, 6.45) is -1.74. The molecular formula is C27H25F2N3O6S. The normalized spacial score (nSPS) is 22.9. The average Bonchev–Trinajstić information content (AvgIpc) is 3.10. The van der Waals surface area contributed by atoms with Crippen molar-refractivity contribution < 1.29 is 37.4 Å². The van der Waals surface area contributed by atoms with Gasteiger partial charge in [-0.15, -0.1) is 11.8 Å². The number of carbonyl (C=O) groups is 3. The van der Waals surface area contributed by atoms with Crippen molar-refractivity contribution in [1.82, 2.24) is 14.9 Å². The summed E-state index contributed by atoms with van der Waals surface area (Å²) in [5.41, 5.74) is 1.51. The highest BCUT2D eigenvalue weighted by molar-refractivity contribution is 7.98. The van der Waals surface area contributed by atoms with Crippen LogP contribution >= 0.6 is 11.8 Å². The van der Waals surface area contributed by atoms with E-state index in [1.54, 1.807) is 22.9 Å². The standard InChI is InChI=1S/C27H25F2N3O6S/c1-2-37-27(35)38-25-19(33)9-10-31-24(25)26(34)30-11-12-36-13-21(30)32(31)23-15-7-8-18(28)22(29)17(15)14-39-20-6-4-3-5-16(20)23/h3-8,21,23H,2,9-14H2,1H3/t21-,23+/m1/s1. The lowest BCUT2D eigenvalue weighted by atomic mass is 9.92. The van der Waals surface area contributed by atoms with Crippen molar-refractivity contribution in [3.05, 3.63) is 76.2 Å². The number of hydrogen-bond donors (Lipinski definition) is 0. The number of halogens is 2. The van der Waals surface area contributed by atoms with E-state index in [0.717, 1.165) is 16.5 Å². The molecule has 9 nitrogen and oxygen atoms in total. The SMILES string of the molecule is CCOC(=O)OC1=C2C(=O)N3CCOC[C@H]3N([C@@H]3c4ccccc4SCc4c3ccc(F)c4F)N2CCC1=O. The fourth-order valence-electron chi connectivity index (χ4n) is 5.56. The molecule has 4 aliphatic heterocycles. The third-order valence-electron chi connectivity index (χ3n) is 7.25. The number of thioether (sulfide) groups is 1. The van der Waals surface area contributed by atoms with Crippen LogP contribution in [0.3, 0.4) is 0 Å².